The van der Waals surface area contributed by atoms with Crippen LogP contribution in [0.5, 0.6) is 0 Å². The van der Waals surface area contributed by atoms with Gasteiger partial charge in [0.2, 0.25) is 11.8 Å². The number of aromatic nitrogens is 1. The maximum absolute atomic E-state index is 12.9. The zero-order chi connectivity index (χ0) is 19.9. The highest BCUT2D eigenvalue weighted by atomic mass is 16.2. The maximum atomic E-state index is 12.9. The average molecular weight is 380 g/mol. The number of benzene rings is 1. The van der Waals surface area contributed by atoms with Crippen molar-refractivity contribution in [3.8, 4) is 0 Å². The second-order valence-electron chi connectivity index (χ2n) is 7.64. The third kappa shape index (κ3) is 5.65. The summed E-state index contributed by atoms with van der Waals surface area (Å²) < 4.78 is 0. The lowest BCUT2D eigenvalue weighted by Gasteiger charge is -2.23. The van der Waals surface area contributed by atoms with E-state index >= 15 is 0 Å². The van der Waals surface area contributed by atoms with Crippen LogP contribution < -0.4 is 5.32 Å². The van der Waals surface area contributed by atoms with Crippen LogP contribution in [0.3, 0.4) is 0 Å². The van der Waals surface area contributed by atoms with Gasteiger partial charge in [-0.25, -0.2) is 0 Å². The van der Waals surface area contributed by atoms with Gasteiger partial charge in [0.25, 0.3) is 0 Å². The Hall–Kier alpha value is -2.69. The van der Waals surface area contributed by atoms with Gasteiger partial charge in [0.05, 0.1) is 0 Å². The van der Waals surface area contributed by atoms with E-state index < -0.39 is 0 Å². The monoisotopic (exact) mass is 379 g/mol. The molecule has 1 aliphatic rings. The predicted octanol–water partition coefficient (Wildman–Crippen LogP) is 3.34. The highest BCUT2D eigenvalue weighted by Crippen LogP contribution is 2.37. The van der Waals surface area contributed by atoms with E-state index in [0.29, 0.717) is 32.0 Å². The fraction of sp³-hybridized carbons (Fsp3) is 0.435. The lowest BCUT2D eigenvalue weighted by molar-refractivity contribution is -0.132. The smallest absolute Gasteiger partial charge is 0.224 e. The molecule has 0 bridgehead atoms. The van der Waals surface area contributed by atoms with E-state index in [4.69, 9.17) is 0 Å². The highest BCUT2D eigenvalue weighted by Gasteiger charge is 2.38. The SMILES string of the molecule is CCc1ccc(CN(Cc2cccnc2)C(=O)CCNC(=O)C2CC2C)cc1. The molecule has 2 aromatic rings. The first-order valence-corrected chi connectivity index (χ1v) is 10.1. The van der Waals surface area contributed by atoms with Gasteiger partial charge in [0.1, 0.15) is 0 Å². The molecule has 1 N–H and O–H groups in total. The van der Waals surface area contributed by atoms with Crippen LogP contribution in [0.2, 0.25) is 0 Å². The van der Waals surface area contributed by atoms with Crippen molar-refractivity contribution in [3.63, 3.8) is 0 Å². The van der Waals surface area contributed by atoms with E-state index in [2.05, 4.69) is 48.4 Å². The minimum Gasteiger partial charge on any atom is -0.355 e. The number of nitrogens with one attached hydrogen (secondary N) is 1. The number of aryl methyl sites for hydroxylation is 1. The molecule has 1 saturated carbocycles. The average Bonchev–Trinajstić information content (AvgIpc) is 3.45. The van der Waals surface area contributed by atoms with Gasteiger partial charge in [-0.2, -0.15) is 0 Å². The number of rotatable bonds is 9. The molecule has 2 unspecified atom stereocenters. The standard InChI is InChI=1S/C23H29N3O2/c1-3-18-6-8-19(9-7-18)15-26(16-20-5-4-11-24-14-20)22(27)10-12-25-23(28)21-13-17(21)2/h4-9,11,14,17,21H,3,10,12-13,15-16H2,1-2H3,(H,25,28). The minimum atomic E-state index is 0.0348. The third-order valence-corrected chi connectivity index (χ3v) is 5.34. The van der Waals surface area contributed by atoms with Gasteiger partial charge in [0, 0.05) is 44.4 Å². The van der Waals surface area contributed by atoms with Crippen LogP contribution in [0, 0.1) is 11.8 Å². The Morgan fingerprint density at radius 3 is 2.39 bits per heavy atom. The Kier molecular flexibility index (Phi) is 6.80. The summed E-state index contributed by atoms with van der Waals surface area (Å²) in [4.78, 5) is 30.8. The number of hydrogen-bond acceptors (Lipinski definition) is 3. The molecule has 0 radical (unpaired) electrons. The third-order valence-electron chi connectivity index (χ3n) is 5.34. The molecule has 1 aromatic carbocycles. The van der Waals surface area contributed by atoms with E-state index in [0.717, 1.165) is 24.0 Å². The van der Waals surface area contributed by atoms with Crippen molar-refractivity contribution in [1.29, 1.82) is 0 Å². The van der Waals surface area contributed by atoms with Crippen LogP contribution >= 0.6 is 0 Å². The molecule has 0 saturated heterocycles. The van der Waals surface area contributed by atoms with Crippen molar-refractivity contribution < 1.29 is 9.59 Å². The first-order valence-electron chi connectivity index (χ1n) is 10.1. The van der Waals surface area contributed by atoms with Gasteiger partial charge in [-0.05, 0) is 41.5 Å². The first kappa shape index (κ1) is 20.1. The number of hydrogen-bond donors (Lipinski definition) is 1. The van der Waals surface area contributed by atoms with Crippen LogP contribution in [0.1, 0.15) is 43.4 Å². The molecule has 28 heavy (non-hydrogen) atoms. The summed E-state index contributed by atoms with van der Waals surface area (Å²) in [5, 5.41) is 2.90. The molecule has 0 aliphatic heterocycles. The summed E-state index contributed by atoms with van der Waals surface area (Å²) in [6.07, 6.45) is 5.78. The van der Waals surface area contributed by atoms with E-state index in [1.807, 2.05) is 17.0 Å². The van der Waals surface area contributed by atoms with Gasteiger partial charge in [-0.3, -0.25) is 14.6 Å². The molecular formula is C23H29N3O2. The Morgan fingerprint density at radius 2 is 1.79 bits per heavy atom. The summed E-state index contributed by atoms with van der Waals surface area (Å²) >= 11 is 0. The molecule has 3 rings (SSSR count). The molecule has 5 heteroatoms. The van der Waals surface area contributed by atoms with Crippen molar-refractivity contribution in [1.82, 2.24) is 15.2 Å². The van der Waals surface area contributed by atoms with Crippen molar-refractivity contribution in [2.75, 3.05) is 6.54 Å². The van der Waals surface area contributed by atoms with Gasteiger partial charge in [-0.1, -0.05) is 44.2 Å². The number of nitrogens with zero attached hydrogens (tertiary/aromatic N) is 2. The maximum Gasteiger partial charge on any atom is 0.224 e. The second-order valence-corrected chi connectivity index (χ2v) is 7.64. The molecule has 0 spiro atoms. The zero-order valence-electron chi connectivity index (χ0n) is 16.7. The first-order chi connectivity index (χ1) is 13.6. The lowest BCUT2D eigenvalue weighted by Crippen LogP contribution is -2.34. The molecule has 2 amide bonds. The summed E-state index contributed by atoms with van der Waals surface area (Å²) in [6.45, 7) is 5.65. The summed E-state index contributed by atoms with van der Waals surface area (Å²) in [5.74, 6) is 0.726. The molecule has 2 atom stereocenters. The molecule has 1 fully saturated rings. The number of carbonyl (C=O) groups excluding carboxylic acids is 2. The Morgan fingerprint density at radius 1 is 1.11 bits per heavy atom. The van der Waals surface area contributed by atoms with Crippen LogP contribution in [0.15, 0.2) is 48.8 Å². The second kappa shape index (κ2) is 9.49. The molecule has 148 valence electrons. The number of carbonyl (C=O) groups is 2. The lowest BCUT2D eigenvalue weighted by atomic mass is 10.1. The van der Waals surface area contributed by atoms with Crippen LogP contribution in [0.4, 0.5) is 0 Å². The largest absolute Gasteiger partial charge is 0.355 e. The molecular weight excluding hydrogens is 350 g/mol. The van der Waals surface area contributed by atoms with Crippen LogP contribution in [-0.4, -0.2) is 28.2 Å². The normalized spacial score (nSPS) is 17.8. The minimum absolute atomic E-state index is 0.0348. The van der Waals surface area contributed by atoms with Crippen molar-refractivity contribution in [2.24, 2.45) is 11.8 Å². The van der Waals surface area contributed by atoms with Crippen molar-refractivity contribution in [2.45, 2.75) is 46.2 Å². The van der Waals surface area contributed by atoms with Gasteiger partial charge in [-0.15, -0.1) is 0 Å². The Bertz CT molecular complexity index is 789. The van der Waals surface area contributed by atoms with E-state index in [9.17, 15) is 9.59 Å². The van der Waals surface area contributed by atoms with Gasteiger partial charge >= 0.3 is 0 Å². The fourth-order valence-electron chi connectivity index (χ4n) is 3.31. The van der Waals surface area contributed by atoms with Gasteiger partial charge in [0.15, 0.2) is 0 Å². The summed E-state index contributed by atoms with van der Waals surface area (Å²) in [5.41, 5.74) is 3.38. The van der Waals surface area contributed by atoms with Crippen molar-refractivity contribution in [3.05, 3.63) is 65.5 Å². The topological polar surface area (TPSA) is 62.3 Å². The van der Waals surface area contributed by atoms with E-state index in [-0.39, 0.29) is 17.7 Å². The van der Waals surface area contributed by atoms with Crippen LogP contribution in [0.25, 0.3) is 0 Å². The van der Waals surface area contributed by atoms with E-state index in [1.54, 1.807) is 12.4 Å². The van der Waals surface area contributed by atoms with Crippen LogP contribution in [-0.2, 0) is 29.1 Å². The van der Waals surface area contributed by atoms with Crippen molar-refractivity contribution >= 4 is 11.8 Å². The molecule has 1 heterocycles. The Balaban J connectivity index is 1.60. The number of amides is 2. The summed E-state index contributed by atoms with van der Waals surface area (Å²) in [7, 11) is 0. The number of pyridine rings is 1. The van der Waals surface area contributed by atoms with Gasteiger partial charge < -0.3 is 10.2 Å². The molecule has 1 aliphatic carbocycles. The quantitative estimate of drug-likeness (QED) is 0.727. The highest BCUT2D eigenvalue weighted by molar-refractivity contribution is 5.82. The molecule has 1 aromatic heterocycles. The fourth-order valence-corrected chi connectivity index (χ4v) is 3.31. The predicted molar refractivity (Wildman–Crippen MR) is 109 cm³/mol. The van der Waals surface area contributed by atoms with E-state index in [1.165, 1.54) is 5.56 Å². The zero-order valence-corrected chi connectivity index (χ0v) is 16.7. The molecule has 5 nitrogen and oxygen atoms in total. The summed E-state index contributed by atoms with van der Waals surface area (Å²) in [6, 6.07) is 12.2. The Labute approximate surface area is 167 Å².